The third-order valence-electron chi connectivity index (χ3n) is 7.02. The highest BCUT2D eigenvalue weighted by Crippen LogP contribution is 2.44. The van der Waals surface area contributed by atoms with Gasteiger partial charge in [0.15, 0.2) is 17.5 Å². The summed E-state index contributed by atoms with van der Waals surface area (Å²) >= 11 is 0. The Bertz CT molecular complexity index is 1430. The number of rotatable bonds is 6. The number of fused-ring (bicyclic) bond motifs is 1. The molecule has 0 amide bonds. The van der Waals surface area contributed by atoms with Gasteiger partial charge in [0.1, 0.15) is 11.6 Å². The van der Waals surface area contributed by atoms with E-state index in [9.17, 15) is 4.39 Å². The van der Waals surface area contributed by atoms with Crippen LogP contribution in [0.4, 0.5) is 21.8 Å². The fourth-order valence-electron chi connectivity index (χ4n) is 4.81. The molecule has 36 heavy (non-hydrogen) atoms. The molecule has 0 spiro atoms. The molecule has 0 bridgehead atoms. The number of piperidine rings is 1. The summed E-state index contributed by atoms with van der Waals surface area (Å²) in [7, 11) is 0. The molecule has 0 atom stereocenters. The maximum Gasteiger partial charge on any atom is 0.167 e. The van der Waals surface area contributed by atoms with Gasteiger partial charge in [0.05, 0.1) is 11.7 Å². The zero-order valence-electron chi connectivity index (χ0n) is 20.5. The van der Waals surface area contributed by atoms with Crippen LogP contribution in [0.15, 0.2) is 43.0 Å². The van der Waals surface area contributed by atoms with Crippen molar-refractivity contribution in [3.05, 3.63) is 59.9 Å². The zero-order chi connectivity index (χ0) is 24.7. The van der Waals surface area contributed by atoms with Crippen molar-refractivity contribution in [2.45, 2.75) is 51.0 Å². The van der Waals surface area contributed by atoms with E-state index in [1.807, 2.05) is 24.5 Å². The maximum atomic E-state index is 14.4. The van der Waals surface area contributed by atoms with Gasteiger partial charge in [0.25, 0.3) is 0 Å². The van der Waals surface area contributed by atoms with Gasteiger partial charge in [-0.1, -0.05) is 0 Å². The minimum Gasteiger partial charge on any atom is -0.364 e. The lowest BCUT2D eigenvalue weighted by Gasteiger charge is -2.36. The predicted octanol–water partition coefficient (Wildman–Crippen LogP) is 5.10. The van der Waals surface area contributed by atoms with E-state index >= 15 is 0 Å². The molecule has 5 heterocycles. The number of nitrogens with zero attached hydrogens (tertiary/aromatic N) is 5. The quantitative estimate of drug-likeness (QED) is 0.347. The first-order valence-corrected chi connectivity index (χ1v) is 12.5. The average molecular weight is 485 g/mol. The number of halogens is 1. The Morgan fingerprint density at radius 3 is 2.64 bits per heavy atom. The van der Waals surface area contributed by atoms with Gasteiger partial charge in [-0.3, -0.25) is 4.98 Å². The Kier molecular flexibility index (Phi) is 5.72. The molecule has 8 nitrogen and oxygen atoms in total. The lowest BCUT2D eigenvalue weighted by molar-refractivity contribution is 0.364. The molecule has 0 radical (unpaired) electrons. The molecule has 184 valence electrons. The first-order chi connectivity index (χ1) is 17.5. The number of hydrogen-bond acceptors (Lipinski definition) is 8. The van der Waals surface area contributed by atoms with Crippen LogP contribution in [0, 0.1) is 12.7 Å². The Labute approximate surface area is 209 Å². The van der Waals surface area contributed by atoms with E-state index in [2.05, 4.69) is 37.8 Å². The summed E-state index contributed by atoms with van der Waals surface area (Å²) in [5.41, 5.74) is 3.51. The van der Waals surface area contributed by atoms with Crippen molar-refractivity contribution in [1.82, 2.24) is 30.2 Å². The summed E-state index contributed by atoms with van der Waals surface area (Å²) in [6.45, 7) is 6.00. The fourth-order valence-corrected chi connectivity index (χ4v) is 4.81. The molecule has 1 saturated carbocycles. The molecular weight excluding hydrogens is 455 g/mol. The smallest absolute Gasteiger partial charge is 0.167 e. The number of hydrogen-bond donors (Lipinski definition) is 3. The van der Waals surface area contributed by atoms with Crippen molar-refractivity contribution in [3.8, 4) is 11.4 Å². The van der Waals surface area contributed by atoms with Gasteiger partial charge in [-0.2, -0.15) is 0 Å². The second kappa shape index (κ2) is 9.05. The van der Waals surface area contributed by atoms with Gasteiger partial charge < -0.3 is 16.0 Å². The summed E-state index contributed by atoms with van der Waals surface area (Å²) < 4.78 is 14.4. The number of pyridine rings is 3. The van der Waals surface area contributed by atoms with E-state index < -0.39 is 5.82 Å². The highest BCUT2D eigenvalue weighted by molar-refractivity contribution is 5.94. The highest BCUT2D eigenvalue weighted by Gasteiger charge is 2.31. The number of anilines is 3. The van der Waals surface area contributed by atoms with Crippen LogP contribution >= 0.6 is 0 Å². The summed E-state index contributed by atoms with van der Waals surface area (Å²) in [6, 6.07) is 5.12. The van der Waals surface area contributed by atoms with Crippen LogP contribution in [0.3, 0.4) is 0 Å². The molecule has 4 aromatic heterocycles. The number of aryl methyl sites for hydroxylation is 1. The molecule has 0 aromatic carbocycles. The van der Waals surface area contributed by atoms with Crippen LogP contribution in [0.1, 0.15) is 49.7 Å². The maximum absolute atomic E-state index is 14.4. The van der Waals surface area contributed by atoms with Crippen molar-refractivity contribution < 1.29 is 4.39 Å². The third kappa shape index (κ3) is 4.58. The fraction of sp³-hybridized carbons (Fsp3) is 0.370. The van der Waals surface area contributed by atoms with Crippen LogP contribution in [0.25, 0.3) is 22.3 Å². The van der Waals surface area contributed by atoms with Crippen molar-refractivity contribution in [1.29, 1.82) is 0 Å². The van der Waals surface area contributed by atoms with Gasteiger partial charge in [0.2, 0.25) is 0 Å². The van der Waals surface area contributed by atoms with E-state index in [4.69, 9.17) is 9.97 Å². The summed E-state index contributed by atoms with van der Waals surface area (Å²) in [6.07, 6.45) is 11.4. The van der Waals surface area contributed by atoms with Crippen molar-refractivity contribution in [2.75, 3.05) is 23.7 Å². The molecule has 4 aromatic rings. The minimum atomic E-state index is -0.426. The highest BCUT2D eigenvalue weighted by atomic mass is 19.1. The molecule has 9 heteroatoms. The van der Waals surface area contributed by atoms with Crippen LogP contribution in [-0.4, -0.2) is 43.5 Å². The average Bonchev–Trinajstić information content (AvgIpc) is 3.71. The Balaban J connectivity index is 1.41. The van der Waals surface area contributed by atoms with Gasteiger partial charge in [0, 0.05) is 35.1 Å². The van der Waals surface area contributed by atoms with E-state index in [1.54, 1.807) is 19.3 Å². The first kappa shape index (κ1) is 22.7. The Hall–Kier alpha value is -3.72. The topological polar surface area (TPSA) is 101 Å². The number of nitrogens with one attached hydrogen (secondary N) is 3. The third-order valence-corrected chi connectivity index (χ3v) is 7.02. The van der Waals surface area contributed by atoms with Gasteiger partial charge in [-0.05, 0) is 87.9 Å². The van der Waals surface area contributed by atoms with Crippen molar-refractivity contribution >= 4 is 28.4 Å². The second-order valence-electron chi connectivity index (χ2n) is 10.1. The SMILES string of the molecule is Cc1cnc(Nc2cc(-c3nc(NC4(C)CCNCC4)c4c(C5CC5)cncc4n3)ccn2)c(F)c1. The van der Waals surface area contributed by atoms with Gasteiger partial charge in [-0.25, -0.2) is 24.3 Å². The predicted molar refractivity (Wildman–Crippen MR) is 139 cm³/mol. The molecule has 1 aliphatic heterocycles. The largest absolute Gasteiger partial charge is 0.364 e. The van der Waals surface area contributed by atoms with Gasteiger partial charge >= 0.3 is 0 Å². The normalized spacial score (nSPS) is 17.2. The lowest BCUT2D eigenvalue weighted by atomic mass is 9.90. The molecular formula is C27H29FN8. The van der Waals surface area contributed by atoms with E-state index in [-0.39, 0.29) is 11.4 Å². The molecule has 6 rings (SSSR count). The second-order valence-corrected chi connectivity index (χ2v) is 10.1. The molecule has 0 unspecified atom stereocenters. The van der Waals surface area contributed by atoms with Crippen molar-refractivity contribution in [2.24, 2.45) is 0 Å². The first-order valence-electron chi connectivity index (χ1n) is 12.5. The monoisotopic (exact) mass is 484 g/mol. The minimum absolute atomic E-state index is 0.0620. The summed E-state index contributed by atoms with van der Waals surface area (Å²) in [5.74, 6) is 2.11. The molecule has 1 saturated heterocycles. The Morgan fingerprint density at radius 1 is 1.03 bits per heavy atom. The van der Waals surface area contributed by atoms with Crippen LogP contribution in [0.2, 0.25) is 0 Å². The summed E-state index contributed by atoms with van der Waals surface area (Å²) in [4.78, 5) is 22.9. The lowest BCUT2D eigenvalue weighted by Crippen LogP contribution is -2.45. The molecule has 1 aliphatic carbocycles. The van der Waals surface area contributed by atoms with Crippen LogP contribution in [0.5, 0.6) is 0 Å². The van der Waals surface area contributed by atoms with Crippen molar-refractivity contribution in [3.63, 3.8) is 0 Å². The van der Waals surface area contributed by atoms with Crippen LogP contribution in [-0.2, 0) is 0 Å². The Morgan fingerprint density at radius 2 is 1.86 bits per heavy atom. The zero-order valence-corrected chi connectivity index (χ0v) is 20.5. The van der Waals surface area contributed by atoms with E-state index in [0.29, 0.717) is 17.6 Å². The molecule has 2 aliphatic rings. The summed E-state index contributed by atoms with van der Waals surface area (Å²) in [5, 5.41) is 11.3. The molecule has 3 N–H and O–H groups in total. The molecule has 2 fully saturated rings. The van der Waals surface area contributed by atoms with E-state index in [1.165, 1.54) is 24.5 Å². The van der Waals surface area contributed by atoms with Crippen LogP contribution < -0.4 is 16.0 Å². The number of aromatic nitrogens is 5. The van der Waals surface area contributed by atoms with E-state index in [0.717, 1.165) is 53.8 Å². The standard InChI is InChI=1S/C27H29FN8/c1-16-11-20(28)25(32-13-16)34-22-12-18(5-8-31-22)24-33-21-15-30-14-19(17-3-4-17)23(21)26(35-24)36-27(2)6-9-29-10-7-27/h5,8,11-15,17,29H,3-4,6-7,9-10H2,1-2H3,(H,31,32,34)(H,33,35,36). The van der Waals surface area contributed by atoms with Gasteiger partial charge in [-0.15, -0.1) is 0 Å².